The normalized spacial score (nSPS) is 28.2. The molecule has 3 aliphatic heterocycles. The van der Waals surface area contributed by atoms with Gasteiger partial charge in [-0.25, -0.2) is 9.97 Å². The molecule has 4 rings (SSSR count). The van der Waals surface area contributed by atoms with Gasteiger partial charge in [-0.1, -0.05) is 60.3 Å². The van der Waals surface area contributed by atoms with Crippen molar-refractivity contribution in [3.63, 3.8) is 0 Å². The van der Waals surface area contributed by atoms with Crippen molar-refractivity contribution in [1.82, 2.24) is 35.5 Å². The van der Waals surface area contributed by atoms with Gasteiger partial charge in [0.1, 0.15) is 6.33 Å². The Hall–Kier alpha value is -1.67. The maximum absolute atomic E-state index is 6.39. The van der Waals surface area contributed by atoms with Crippen molar-refractivity contribution in [3.05, 3.63) is 6.33 Å². The highest BCUT2D eigenvalue weighted by Gasteiger charge is 2.48. The minimum absolute atomic E-state index is 0.0191. The molecule has 0 spiro atoms. The van der Waals surface area contributed by atoms with Crippen LogP contribution in [0.2, 0.25) is 0 Å². The summed E-state index contributed by atoms with van der Waals surface area (Å²) in [6.45, 7) is 39.9. The Labute approximate surface area is 374 Å². The molecule has 0 radical (unpaired) electrons. The van der Waals surface area contributed by atoms with Crippen LogP contribution in [0, 0.1) is 17.8 Å². The zero-order valence-corrected chi connectivity index (χ0v) is 42.1. The van der Waals surface area contributed by atoms with Gasteiger partial charge < -0.3 is 15.5 Å². The van der Waals surface area contributed by atoms with Crippen LogP contribution >= 0.6 is 0 Å². The molecule has 3 fully saturated rings. The maximum Gasteiger partial charge on any atom is 0.230 e. The third-order valence-corrected chi connectivity index (χ3v) is 14.4. The first kappa shape index (κ1) is 52.0. The predicted octanol–water partition coefficient (Wildman–Crippen LogP) is 10.5. The lowest BCUT2D eigenvalue weighted by molar-refractivity contribution is -0.288. The minimum Gasteiger partial charge on any atom is -0.354 e. The number of nitrogens with zero attached hydrogens (tertiary/aromatic N) is 7. The summed E-state index contributed by atoms with van der Waals surface area (Å²) in [5.41, 5.74) is -0.0315. The number of nitrogens with one attached hydrogen (secondary N) is 2. The Morgan fingerprint density at radius 3 is 1.82 bits per heavy atom. The second-order valence-corrected chi connectivity index (χ2v) is 21.8. The van der Waals surface area contributed by atoms with Gasteiger partial charge in [-0.2, -0.15) is 20.2 Å². The van der Waals surface area contributed by atoms with Gasteiger partial charge in [0.2, 0.25) is 11.9 Å². The van der Waals surface area contributed by atoms with Crippen molar-refractivity contribution in [3.8, 4) is 0 Å². The molecule has 0 saturated carbocycles. The molecule has 4 heterocycles. The van der Waals surface area contributed by atoms with Gasteiger partial charge in [-0.3, -0.25) is 14.5 Å². The number of hydroxylamine groups is 6. The van der Waals surface area contributed by atoms with Crippen LogP contribution in [0.3, 0.4) is 0 Å². The van der Waals surface area contributed by atoms with Gasteiger partial charge in [0, 0.05) is 59.4 Å². The van der Waals surface area contributed by atoms with Gasteiger partial charge in [0.25, 0.3) is 0 Å². The average molecular weight is 858 g/mol. The lowest BCUT2D eigenvalue weighted by Crippen LogP contribution is -2.63. The highest BCUT2D eigenvalue weighted by Crippen LogP contribution is 2.44. The molecule has 12 nitrogen and oxygen atoms in total. The van der Waals surface area contributed by atoms with Crippen LogP contribution in [0.25, 0.3) is 0 Å². The molecule has 3 saturated heterocycles. The summed E-state index contributed by atoms with van der Waals surface area (Å²) in [6.07, 6.45) is 17.4. The zero-order valence-electron chi connectivity index (χ0n) is 42.1. The molecule has 2 N–H and O–H groups in total. The molecule has 0 aliphatic carbocycles. The Bertz CT molecular complexity index is 1390. The Kier molecular flexibility index (Phi) is 20.0. The van der Waals surface area contributed by atoms with E-state index in [-0.39, 0.29) is 34.2 Å². The van der Waals surface area contributed by atoms with E-state index in [0.717, 1.165) is 90.3 Å². The number of hydrogen-bond acceptors (Lipinski definition) is 12. The summed E-state index contributed by atoms with van der Waals surface area (Å²) >= 11 is 0. The van der Waals surface area contributed by atoms with E-state index in [1.165, 1.54) is 44.9 Å². The monoisotopic (exact) mass is 858 g/mol. The van der Waals surface area contributed by atoms with Gasteiger partial charge >= 0.3 is 0 Å². The summed E-state index contributed by atoms with van der Waals surface area (Å²) in [5.74, 6) is 3.08. The van der Waals surface area contributed by atoms with Crippen LogP contribution in [0.15, 0.2) is 6.33 Å². The van der Waals surface area contributed by atoms with Crippen LogP contribution < -0.4 is 15.5 Å². The topological polar surface area (TPSA) is 103 Å². The van der Waals surface area contributed by atoms with Crippen molar-refractivity contribution in [2.75, 3.05) is 49.7 Å². The van der Waals surface area contributed by atoms with Crippen molar-refractivity contribution >= 4 is 11.9 Å². The van der Waals surface area contributed by atoms with Gasteiger partial charge in [0.15, 0.2) is 0 Å². The minimum atomic E-state index is -0.116. The number of rotatable bonds is 25. The fourth-order valence-electron chi connectivity index (χ4n) is 11.3. The number of anilines is 2. The van der Waals surface area contributed by atoms with Crippen molar-refractivity contribution in [2.24, 2.45) is 17.8 Å². The lowest BCUT2D eigenvalue weighted by Gasteiger charge is -2.54. The predicted molar refractivity (Wildman–Crippen MR) is 253 cm³/mol. The molecular formula is C49H95N9O3. The van der Waals surface area contributed by atoms with E-state index in [0.29, 0.717) is 35.8 Å². The Morgan fingerprint density at radius 2 is 1.20 bits per heavy atom. The van der Waals surface area contributed by atoms with Crippen molar-refractivity contribution in [1.29, 1.82) is 0 Å². The molecule has 1 aromatic heterocycles. The van der Waals surface area contributed by atoms with E-state index in [4.69, 9.17) is 24.5 Å². The highest BCUT2D eigenvalue weighted by molar-refractivity contribution is 5.38. The number of piperidine rings is 3. The molecule has 1 aromatic rings. The SMILES string of the molecule is CCCON1C(C)C(C)C(NCCCCCCN(c2ncnc(NCCCCC3CC(C)(C)N(OCCC)C(C)(C)C3)n2)C2CC(C)(C)N(OCCC)C(C)C2C)CC1(C)C. The Balaban J connectivity index is 1.34. The average Bonchev–Trinajstić information content (AvgIpc) is 3.18. The quantitative estimate of drug-likeness (QED) is 0.0915. The highest BCUT2D eigenvalue weighted by atomic mass is 16.7. The third-order valence-electron chi connectivity index (χ3n) is 14.4. The molecule has 354 valence electrons. The van der Waals surface area contributed by atoms with E-state index >= 15 is 0 Å². The standard InChI is InChI=1S/C49H95N9O3/c1-16-29-59-56-39(6)37(4)42(34-46(56,8)9)50-26-22-19-20-24-28-55(43-35-47(10,11)57(60-30-17-2)40(7)38(43)5)45-53-36-52-44(54-45)51-27-23-21-25-41-32-48(12,13)58(61-31-18-3)49(14,15)33-41/h36-43,50H,16-35H2,1-15H3,(H,51,52,53,54). The molecule has 12 heteroatoms. The summed E-state index contributed by atoms with van der Waals surface area (Å²) < 4.78 is 0. The fourth-order valence-corrected chi connectivity index (χ4v) is 11.3. The van der Waals surface area contributed by atoms with Crippen molar-refractivity contribution in [2.45, 2.75) is 240 Å². The van der Waals surface area contributed by atoms with E-state index in [9.17, 15) is 0 Å². The third kappa shape index (κ3) is 14.2. The molecule has 0 amide bonds. The van der Waals surface area contributed by atoms with E-state index in [2.05, 4.69) is 140 Å². The summed E-state index contributed by atoms with van der Waals surface area (Å²) in [7, 11) is 0. The second-order valence-electron chi connectivity index (χ2n) is 21.8. The molecule has 6 atom stereocenters. The largest absolute Gasteiger partial charge is 0.354 e. The molecule has 0 aromatic carbocycles. The zero-order chi connectivity index (χ0) is 45.0. The maximum atomic E-state index is 6.39. The summed E-state index contributed by atoms with van der Waals surface area (Å²) in [4.78, 5) is 36.0. The number of hydrogen-bond donors (Lipinski definition) is 2. The first-order chi connectivity index (χ1) is 28.8. The molecule has 0 bridgehead atoms. The van der Waals surface area contributed by atoms with Gasteiger partial charge in [-0.15, -0.1) is 0 Å². The van der Waals surface area contributed by atoms with Crippen LogP contribution in [0.5, 0.6) is 0 Å². The van der Waals surface area contributed by atoms with Crippen molar-refractivity contribution < 1.29 is 14.5 Å². The summed E-state index contributed by atoms with van der Waals surface area (Å²) in [6, 6.07) is 1.44. The molecule has 3 aliphatic rings. The first-order valence-electron chi connectivity index (χ1n) is 25.0. The fraction of sp³-hybridized carbons (Fsp3) is 0.939. The molecule has 6 unspecified atom stereocenters. The van der Waals surface area contributed by atoms with E-state index in [1.54, 1.807) is 6.33 Å². The smallest absolute Gasteiger partial charge is 0.230 e. The van der Waals surface area contributed by atoms with Crippen LogP contribution in [-0.4, -0.2) is 116 Å². The van der Waals surface area contributed by atoms with Gasteiger partial charge in [-0.05, 0) is 158 Å². The van der Waals surface area contributed by atoms with Gasteiger partial charge in [0.05, 0.1) is 19.8 Å². The van der Waals surface area contributed by atoms with Crippen LogP contribution in [0.4, 0.5) is 11.9 Å². The van der Waals surface area contributed by atoms with Crippen LogP contribution in [-0.2, 0) is 14.5 Å². The lowest BCUT2D eigenvalue weighted by atomic mass is 9.73. The van der Waals surface area contributed by atoms with Crippen LogP contribution in [0.1, 0.15) is 194 Å². The molecule has 61 heavy (non-hydrogen) atoms. The molecular weight excluding hydrogens is 763 g/mol. The second kappa shape index (κ2) is 23.5. The van der Waals surface area contributed by atoms with E-state index < -0.39 is 0 Å². The van der Waals surface area contributed by atoms with E-state index in [1.807, 2.05) is 0 Å². The number of unbranched alkanes of at least 4 members (excludes halogenated alkanes) is 4. The number of aromatic nitrogens is 3. The summed E-state index contributed by atoms with van der Waals surface area (Å²) in [5, 5.41) is 14.4. The Morgan fingerprint density at radius 1 is 0.639 bits per heavy atom. The first-order valence-corrected chi connectivity index (χ1v) is 25.0.